The molecule has 3 rings (SSSR count). The zero-order valence-corrected chi connectivity index (χ0v) is 17.2. The van der Waals surface area contributed by atoms with E-state index in [0.29, 0.717) is 22.9 Å². The summed E-state index contributed by atoms with van der Waals surface area (Å²) in [6.45, 7) is 0.453. The number of carbonyl (C=O) groups excluding carboxylic acids is 2. The number of benzene rings is 2. The number of amides is 3. The molecule has 1 aliphatic rings. The van der Waals surface area contributed by atoms with Gasteiger partial charge >= 0.3 is 6.03 Å². The molecule has 0 saturated heterocycles. The molecule has 154 valence electrons. The van der Waals surface area contributed by atoms with Gasteiger partial charge in [0.05, 0.1) is 7.11 Å². The van der Waals surface area contributed by atoms with Crippen molar-refractivity contribution < 1.29 is 14.3 Å². The summed E-state index contributed by atoms with van der Waals surface area (Å²) in [4.78, 5) is 24.6. The van der Waals surface area contributed by atoms with Gasteiger partial charge in [0.25, 0.3) is 5.91 Å². The van der Waals surface area contributed by atoms with E-state index in [1.165, 1.54) is 0 Å². The normalized spacial score (nSPS) is 18.6. The number of halogens is 1. The molecule has 7 heteroatoms. The highest BCUT2D eigenvalue weighted by molar-refractivity contribution is 6.30. The molecule has 2 aromatic carbocycles. The van der Waals surface area contributed by atoms with Crippen LogP contribution in [0.4, 0.5) is 4.79 Å². The molecule has 29 heavy (non-hydrogen) atoms. The summed E-state index contributed by atoms with van der Waals surface area (Å²) in [7, 11) is 1.58. The van der Waals surface area contributed by atoms with Crippen molar-refractivity contribution in [2.75, 3.05) is 7.11 Å². The van der Waals surface area contributed by atoms with Crippen LogP contribution in [-0.4, -0.2) is 31.1 Å². The van der Waals surface area contributed by atoms with Crippen molar-refractivity contribution in [3.05, 3.63) is 64.7 Å². The standard InChI is InChI=1S/C22H26ClN3O3/c1-29-20-4-2-3-16(13-20)21(27)25-18-9-11-19(12-10-18)26-22(28)24-14-15-5-7-17(23)8-6-15/h2-8,13,18-19H,9-12,14H2,1H3,(H,25,27)(H2,24,26,28). The van der Waals surface area contributed by atoms with Crippen LogP contribution < -0.4 is 20.7 Å². The second-order valence-electron chi connectivity index (χ2n) is 7.21. The number of carbonyl (C=O) groups is 2. The molecule has 2 aromatic rings. The third kappa shape index (κ3) is 6.39. The number of ether oxygens (including phenoxy) is 1. The van der Waals surface area contributed by atoms with Crippen LogP contribution in [0.1, 0.15) is 41.6 Å². The van der Waals surface area contributed by atoms with Crippen LogP contribution in [0.15, 0.2) is 48.5 Å². The zero-order valence-electron chi connectivity index (χ0n) is 16.4. The lowest BCUT2D eigenvalue weighted by Crippen LogP contribution is -2.46. The number of methoxy groups -OCH3 is 1. The SMILES string of the molecule is COc1cccc(C(=O)NC2CCC(NC(=O)NCc3ccc(Cl)cc3)CC2)c1. The lowest BCUT2D eigenvalue weighted by atomic mass is 9.91. The van der Waals surface area contributed by atoms with Gasteiger partial charge in [-0.2, -0.15) is 0 Å². The minimum Gasteiger partial charge on any atom is -0.497 e. The highest BCUT2D eigenvalue weighted by Crippen LogP contribution is 2.20. The first-order chi connectivity index (χ1) is 14.0. The highest BCUT2D eigenvalue weighted by atomic mass is 35.5. The zero-order chi connectivity index (χ0) is 20.6. The average Bonchev–Trinajstić information content (AvgIpc) is 2.74. The largest absolute Gasteiger partial charge is 0.497 e. The van der Waals surface area contributed by atoms with Crippen LogP contribution in [0.5, 0.6) is 5.75 Å². The molecule has 0 unspecified atom stereocenters. The van der Waals surface area contributed by atoms with E-state index >= 15 is 0 Å². The van der Waals surface area contributed by atoms with Crippen molar-refractivity contribution in [3.63, 3.8) is 0 Å². The molecule has 0 spiro atoms. The minimum atomic E-state index is -0.177. The molecule has 3 N–H and O–H groups in total. The number of hydrogen-bond acceptors (Lipinski definition) is 3. The van der Waals surface area contributed by atoms with Gasteiger partial charge in [-0.15, -0.1) is 0 Å². The average molecular weight is 416 g/mol. The smallest absolute Gasteiger partial charge is 0.315 e. The summed E-state index contributed by atoms with van der Waals surface area (Å²) in [5.41, 5.74) is 1.58. The van der Waals surface area contributed by atoms with E-state index in [4.69, 9.17) is 16.3 Å². The van der Waals surface area contributed by atoms with Crippen molar-refractivity contribution in [2.24, 2.45) is 0 Å². The van der Waals surface area contributed by atoms with Gasteiger partial charge in [-0.25, -0.2) is 4.79 Å². The molecule has 6 nitrogen and oxygen atoms in total. The summed E-state index contributed by atoms with van der Waals surface area (Å²) in [5, 5.41) is 9.63. The van der Waals surface area contributed by atoms with Crippen molar-refractivity contribution >= 4 is 23.5 Å². The van der Waals surface area contributed by atoms with Crippen molar-refractivity contribution in [1.29, 1.82) is 0 Å². The Labute approximate surface area is 176 Å². The fourth-order valence-electron chi connectivity index (χ4n) is 3.44. The fourth-order valence-corrected chi connectivity index (χ4v) is 3.56. The van der Waals surface area contributed by atoms with Gasteiger partial charge in [-0.05, 0) is 61.6 Å². The van der Waals surface area contributed by atoms with Crippen molar-refractivity contribution in [3.8, 4) is 5.75 Å². The van der Waals surface area contributed by atoms with Crippen LogP contribution >= 0.6 is 11.6 Å². The molecule has 0 aliphatic heterocycles. The molecule has 3 amide bonds. The topological polar surface area (TPSA) is 79.5 Å². The first kappa shape index (κ1) is 21.0. The van der Waals surface area contributed by atoms with Crippen LogP contribution in [0.25, 0.3) is 0 Å². The van der Waals surface area contributed by atoms with E-state index in [1.54, 1.807) is 37.4 Å². The lowest BCUT2D eigenvalue weighted by molar-refractivity contribution is 0.0924. The van der Waals surface area contributed by atoms with Crippen LogP contribution in [0.3, 0.4) is 0 Å². The van der Waals surface area contributed by atoms with E-state index in [-0.39, 0.29) is 24.0 Å². The molecule has 1 saturated carbocycles. The molecule has 0 bridgehead atoms. The summed E-state index contributed by atoms with van der Waals surface area (Å²) in [6.07, 6.45) is 3.32. The molecule has 0 aromatic heterocycles. The van der Waals surface area contributed by atoms with Gasteiger partial charge in [0.15, 0.2) is 0 Å². The Balaban J connectivity index is 1.39. The number of hydrogen-bond donors (Lipinski definition) is 3. The van der Waals surface area contributed by atoms with Crippen LogP contribution in [-0.2, 0) is 6.54 Å². The highest BCUT2D eigenvalue weighted by Gasteiger charge is 2.24. The van der Waals surface area contributed by atoms with E-state index in [1.807, 2.05) is 18.2 Å². The van der Waals surface area contributed by atoms with E-state index in [0.717, 1.165) is 31.2 Å². The second kappa shape index (κ2) is 10.2. The lowest BCUT2D eigenvalue weighted by Gasteiger charge is -2.29. The van der Waals surface area contributed by atoms with Gasteiger partial charge in [-0.3, -0.25) is 4.79 Å². The molecule has 0 atom stereocenters. The Kier molecular flexibility index (Phi) is 7.36. The first-order valence-corrected chi connectivity index (χ1v) is 10.1. The Bertz CT molecular complexity index is 833. The van der Waals surface area contributed by atoms with Crippen LogP contribution in [0, 0.1) is 0 Å². The van der Waals surface area contributed by atoms with Crippen molar-refractivity contribution in [1.82, 2.24) is 16.0 Å². The Morgan fingerprint density at radius 3 is 2.31 bits per heavy atom. The summed E-state index contributed by atoms with van der Waals surface area (Å²) in [6, 6.07) is 14.6. The first-order valence-electron chi connectivity index (χ1n) is 9.77. The van der Waals surface area contributed by atoms with Crippen molar-refractivity contribution in [2.45, 2.75) is 44.3 Å². The molecule has 1 fully saturated rings. The van der Waals surface area contributed by atoms with Gasteiger partial charge in [0.1, 0.15) is 5.75 Å². The van der Waals surface area contributed by atoms with E-state index in [2.05, 4.69) is 16.0 Å². The second-order valence-corrected chi connectivity index (χ2v) is 7.64. The predicted molar refractivity (Wildman–Crippen MR) is 113 cm³/mol. The van der Waals surface area contributed by atoms with Gasteiger partial charge < -0.3 is 20.7 Å². The Morgan fingerprint density at radius 1 is 1.00 bits per heavy atom. The van der Waals surface area contributed by atoms with E-state index in [9.17, 15) is 9.59 Å². The minimum absolute atomic E-state index is 0.0963. The molecular weight excluding hydrogens is 390 g/mol. The Morgan fingerprint density at radius 2 is 1.66 bits per heavy atom. The Hall–Kier alpha value is -2.73. The van der Waals surface area contributed by atoms with Crippen LogP contribution in [0.2, 0.25) is 5.02 Å². The molecule has 0 radical (unpaired) electrons. The monoisotopic (exact) mass is 415 g/mol. The fraction of sp³-hybridized carbons (Fsp3) is 0.364. The molecule has 0 heterocycles. The third-order valence-corrected chi connectivity index (χ3v) is 5.35. The third-order valence-electron chi connectivity index (χ3n) is 5.10. The van der Waals surface area contributed by atoms with Gasteiger partial charge in [0, 0.05) is 29.2 Å². The maximum atomic E-state index is 12.4. The summed E-state index contributed by atoms with van der Waals surface area (Å²) in [5.74, 6) is 0.566. The van der Waals surface area contributed by atoms with Gasteiger partial charge in [-0.1, -0.05) is 29.8 Å². The number of nitrogens with one attached hydrogen (secondary N) is 3. The number of urea groups is 1. The van der Waals surface area contributed by atoms with Gasteiger partial charge in [0.2, 0.25) is 0 Å². The quantitative estimate of drug-likeness (QED) is 0.669. The summed E-state index contributed by atoms with van der Waals surface area (Å²) < 4.78 is 5.17. The van der Waals surface area contributed by atoms with E-state index < -0.39 is 0 Å². The number of rotatable bonds is 6. The molecule has 1 aliphatic carbocycles. The summed E-state index contributed by atoms with van der Waals surface area (Å²) >= 11 is 5.86. The maximum Gasteiger partial charge on any atom is 0.315 e. The maximum absolute atomic E-state index is 12.4. The molecular formula is C22H26ClN3O3. The predicted octanol–water partition coefficient (Wildman–Crippen LogP) is 3.89.